The molecule has 3 rings (SSSR count). The van der Waals surface area contributed by atoms with Gasteiger partial charge in [0.15, 0.2) is 0 Å². The van der Waals surface area contributed by atoms with Crippen LogP contribution in [0.15, 0.2) is 17.0 Å². The molecule has 104 valence electrons. The fraction of sp³-hybridized carbons (Fsp3) is 0.733. The fourth-order valence-electron chi connectivity index (χ4n) is 3.93. The molecular weight excluding hydrogens is 240 g/mol. The average molecular weight is 262 g/mol. The Kier molecular flexibility index (Phi) is 3.33. The van der Waals surface area contributed by atoms with Crippen molar-refractivity contribution >= 4 is 5.91 Å². The van der Waals surface area contributed by atoms with Crippen LogP contribution in [0.4, 0.5) is 0 Å². The molecule has 0 aliphatic heterocycles. The highest BCUT2D eigenvalue weighted by Gasteiger charge is 2.51. The van der Waals surface area contributed by atoms with E-state index in [1.165, 1.54) is 19.3 Å². The molecule has 4 nitrogen and oxygen atoms in total. The molecule has 0 saturated heterocycles. The Morgan fingerprint density at radius 2 is 2.47 bits per heavy atom. The lowest BCUT2D eigenvalue weighted by Crippen LogP contribution is -2.42. The number of aromatic nitrogens is 1. The molecule has 19 heavy (non-hydrogen) atoms. The van der Waals surface area contributed by atoms with Crippen LogP contribution >= 0.6 is 0 Å². The number of aryl methyl sites for hydroxylation is 1. The number of amides is 1. The number of fused-ring (bicyclic) bond motifs is 2. The first-order valence-electron chi connectivity index (χ1n) is 7.35. The number of nitrogens with one attached hydrogen (secondary N) is 1. The summed E-state index contributed by atoms with van der Waals surface area (Å²) in [7, 11) is 0. The zero-order chi connectivity index (χ0) is 13.3. The summed E-state index contributed by atoms with van der Waals surface area (Å²) >= 11 is 0. The van der Waals surface area contributed by atoms with E-state index in [1.54, 1.807) is 12.5 Å². The van der Waals surface area contributed by atoms with Gasteiger partial charge in [-0.25, -0.2) is 0 Å². The van der Waals surface area contributed by atoms with Crippen molar-refractivity contribution in [3.8, 4) is 0 Å². The molecule has 3 atom stereocenters. The third kappa shape index (κ3) is 2.40. The van der Waals surface area contributed by atoms with Gasteiger partial charge in [-0.1, -0.05) is 18.5 Å². The van der Waals surface area contributed by atoms with Gasteiger partial charge in [0.05, 0.1) is 6.20 Å². The number of rotatable bonds is 5. The van der Waals surface area contributed by atoms with E-state index in [2.05, 4.69) is 17.4 Å². The Bertz CT molecular complexity index is 443. The van der Waals surface area contributed by atoms with E-state index in [4.69, 9.17) is 4.52 Å². The Hall–Kier alpha value is -1.32. The molecule has 1 heterocycles. The van der Waals surface area contributed by atoms with Crippen LogP contribution in [0, 0.1) is 17.3 Å². The first-order valence-corrected chi connectivity index (χ1v) is 7.35. The van der Waals surface area contributed by atoms with Crippen molar-refractivity contribution < 1.29 is 9.32 Å². The fourth-order valence-corrected chi connectivity index (χ4v) is 3.93. The van der Waals surface area contributed by atoms with Crippen LogP contribution < -0.4 is 5.32 Å². The third-order valence-corrected chi connectivity index (χ3v) is 5.08. The van der Waals surface area contributed by atoms with Gasteiger partial charge >= 0.3 is 0 Å². The highest BCUT2D eigenvalue weighted by molar-refractivity contribution is 5.83. The van der Waals surface area contributed by atoms with E-state index in [0.29, 0.717) is 5.92 Å². The summed E-state index contributed by atoms with van der Waals surface area (Å²) in [6.45, 7) is 2.91. The van der Waals surface area contributed by atoms with Crippen molar-refractivity contribution in [2.75, 3.05) is 6.54 Å². The van der Waals surface area contributed by atoms with E-state index in [1.807, 2.05) is 0 Å². The van der Waals surface area contributed by atoms with Gasteiger partial charge in [-0.2, -0.15) is 0 Å². The van der Waals surface area contributed by atoms with Gasteiger partial charge in [0, 0.05) is 17.5 Å². The molecule has 2 aliphatic rings. The lowest BCUT2D eigenvalue weighted by atomic mass is 9.74. The second kappa shape index (κ2) is 4.99. The second-order valence-electron chi connectivity index (χ2n) is 6.39. The Morgan fingerprint density at radius 3 is 3.11 bits per heavy atom. The molecule has 2 fully saturated rings. The van der Waals surface area contributed by atoms with E-state index in [0.717, 1.165) is 37.3 Å². The number of hydrogen-bond donors (Lipinski definition) is 1. The molecule has 0 radical (unpaired) electrons. The lowest BCUT2D eigenvalue weighted by molar-refractivity contribution is -0.132. The molecule has 2 aliphatic carbocycles. The van der Waals surface area contributed by atoms with Crippen molar-refractivity contribution in [3.05, 3.63) is 18.0 Å². The average Bonchev–Trinajstić information content (AvgIpc) is 3.10. The Balaban J connectivity index is 1.44. The zero-order valence-corrected chi connectivity index (χ0v) is 11.5. The highest BCUT2D eigenvalue weighted by Crippen LogP contribution is 2.55. The van der Waals surface area contributed by atoms with E-state index < -0.39 is 0 Å². The van der Waals surface area contributed by atoms with Crippen molar-refractivity contribution in [2.24, 2.45) is 17.3 Å². The first kappa shape index (κ1) is 12.7. The first-order chi connectivity index (χ1) is 9.18. The maximum Gasteiger partial charge on any atom is 0.226 e. The Morgan fingerprint density at radius 1 is 1.58 bits per heavy atom. The summed E-state index contributed by atoms with van der Waals surface area (Å²) in [5.41, 5.74) is 1.00. The molecule has 0 spiro atoms. The van der Waals surface area contributed by atoms with Gasteiger partial charge in [-0.15, -0.1) is 0 Å². The molecule has 4 heteroatoms. The predicted octanol–water partition coefficient (Wildman–Crippen LogP) is 2.55. The molecule has 2 saturated carbocycles. The lowest BCUT2D eigenvalue weighted by Gasteiger charge is -2.32. The van der Waals surface area contributed by atoms with Crippen LogP contribution in [0.1, 0.15) is 44.6 Å². The van der Waals surface area contributed by atoms with Gasteiger partial charge < -0.3 is 9.84 Å². The predicted molar refractivity (Wildman–Crippen MR) is 71.4 cm³/mol. The van der Waals surface area contributed by atoms with Crippen LogP contribution in [0.25, 0.3) is 0 Å². The standard InChI is InChI=1S/C15H22N2O2/c1-15(8-11-4-5-13(15)7-11)14(18)16-6-2-3-12-9-17-19-10-12/h9-11,13H,2-8H2,1H3,(H,16,18). The second-order valence-corrected chi connectivity index (χ2v) is 6.39. The minimum Gasteiger partial charge on any atom is -0.364 e. The van der Waals surface area contributed by atoms with Crippen LogP contribution in [0.2, 0.25) is 0 Å². The number of nitrogens with zero attached hydrogens (tertiary/aromatic N) is 1. The van der Waals surface area contributed by atoms with Gasteiger partial charge in [0.1, 0.15) is 6.26 Å². The molecule has 2 bridgehead atoms. The maximum absolute atomic E-state index is 12.4. The topological polar surface area (TPSA) is 55.1 Å². The quantitative estimate of drug-likeness (QED) is 0.830. The molecular formula is C15H22N2O2. The van der Waals surface area contributed by atoms with Gasteiger partial charge in [0.25, 0.3) is 0 Å². The van der Waals surface area contributed by atoms with Crippen molar-refractivity contribution in [1.29, 1.82) is 0 Å². The number of carbonyl (C=O) groups excluding carboxylic acids is 1. The third-order valence-electron chi connectivity index (χ3n) is 5.08. The molecule has 3 unspecified atom stereocenters. The molecule has 1 N–H and O–H groups in total. The van der Waals surface area contributed by atoms with Gasteiger partial charge in [0.2, 0.25) is 5.91 Å². The van der Waals surface area contributed by atoms with Crippen LogP contribution in [-0.4, -0.2) is 17.6 Å². The van der Waals surface area contributed by atoms with Crippen LogP contribution in [0.3, 0.4) is 0 Å². The zero-order valence-electron chi connectivity index (χ0n) is 11.5. The minimum absolute atomic E-state index is 0.0971. The highest BCUT2D eigenvalue weighted by atomic mass is 16.5. The molecule has 1 amide bonds. The van der Waals surface area contributed by atoms with E-state index >= 15 is 0 Å². The number of hydrogen-bond acceptors (Lipinski definition) is 3. The Labute approximate surface area is 113 Å². The summed E-state index contributed by atoms with van der Waals surface area (Å²) in [6, 6.07) is 0. The SMILES string of the molecule is CC1(C(=O)NCCCc2cnoc2)CC2CCC1C2. The number of carbonyl (C=O) groups is 1. The summed E-state index contributed by atoms with van der Waals surface area (Å²) in [5, 5.41) is 6.80. The smallest absolute Gasteiger partial charge is 0.226 e. The van der Waals surface area contributed by atoms with Gasteiger partial charge in [-0.05, 0) is 43.9 Å². The van der Waals surface area contributed by atoms with Crippen LogP contribution in [0.5, 0.6) is 0 Å². The molecule has 1 aromatic rings. The summed E-state index contributed by atoms with van der Waals surface area (Å²) in [4.78, 5) is 12.4. The van der Waals surface area contributed by atoms with Gasteiger partial charge in [-0.3, -0.25) is 4.79 Å². The van der Waals surface area contributed by atoms with Crippen molar-refractivity contribution in [2.45, 2.75) is 45.4 Å². The van der Waals surface area contributed by atoms with E-state index in [9.17, 15) is 4.79 Å². The van der Waals surface area contributed by atoms with E-state index in [-0.39, 0.29) is 11.3 Å². The molecule has 1 aromatic heterocycles. The maximum atomic E-state index is 12.4. The van der Waals surface area contributed by atoms with Crippen molar-refractivity contribution in [1.82, 2.24) is 10.5 Å². The largest absolute Gasteiger partial charge is 0.364 e. The minimum atomic E-state index is -0.0971. The van der Waals surface area contributed by atoms with Crippen LogP contribution in [-0.2, 0) is 11.2 Å². The summed E-state index contributed by atoms with van der Waals surface area (Å²) in [5.74, 6) is 1.69. The summed E-state index contributed by atoms with van der Waals surface area (Å²) < 4.78 is 4.79. The van der Waals surface area contributed by atoms with Crippen molar-refractivity contribution in [3.63, 3.8) is 0 Å². The summed E-state index contributed by atoms with van der Waals surface area (Å²) in [6.07, 6.45) is 10.2. The normalized spacial score (nSPS) is 32.7. The monoisotopic (exact) mass is 262 g/mol. The molecule has 0 aromatic carbocycles.